The number of halogens is 1. The Morgan fingerprint density at radius 3 is 2.19 bits per heavy atom. The highest BCUT2D eigenvalue weighted by Gasteiger charge is 2.16. The van der Waals surface area contributed by atoms with E-state index in [9.17, 15) is 0 Å². The number of hydrogen-bond donors (Lipinski definition) is 2. The third kappa shape index (κ3) is 3.69. The van der Waals surface area contributed by atoms with Crippen LogP contribution in [0.3, 0.4) is 0 Å². The number of rotatable bonds is 6. The smallest absolute Gasteiger partial charge is 0.0411 e. The summed E-state index contributed by atoms with van der Waals surface area (Å²) >= 11 is 5.85. The lowest BCUT2D eigenvalue weighted by atomic mass is 9.94. The molecule has 0 aromatic heterocycles. The van der Waals surface area contributed by atoms with Crippen LogP contribution in [0, 0.1) is 5.92 Å². The first kappa shape index (κ1) is 13.3. The second kappa shape index (κ2) is 6.77. The predicted molar refractivity (Wildman–Crippen MR) is 72.0 cm³/mol. The molecular formula is C13H21ClN2. The van der Waals surface area contributed by atoms with E-state index in [0.29, 0.717) is 18.5 Å². The van der Waals surface area contributed by atoms with Crippen molar-refractivity contribution in [3.63, 3.8) is 0 Å². The van der Waals surface area contributed by atoms with E-state index in [0.717, 1.165) is 23.6 Å². The molecule has 0 saturated carbocycles. The molecule has 1 rings (SSSR count). The Balaban J connectivity index is 2.65. The molecule has 0 radical (unpaired) electrons. The first-order valence-corrected chi connectivity index (χ1v) is 6.31. The maximum atomic E-state index is 5.85. The summed E-state index contributed by atoms with van der Waals surface area (Å²) in [5.74, 6) is 0.626. The molecule has 0 spiro atoms. The van der Waals surface area contributed by atoms with Crippen molar-refractivity contribution >= 4 is 17.3 Å². The lowest BCUT2D eigenvalue weighted by molar-refractivity contribution is 0.422. The lowest BCUT2D eigenvalue weighted by Gasteiger charge is -2.26. The van der Waals surface area contributed by atoms with Crippen LogP contribution in [0.2, 0.25) is 5.02 Å². The molecule has 2 nitrogen and oxygen atoms in total. The van der Waals surface area contributed by atoms with Gasteiger partial charge in [0.2, 0.25) is 0 Å². The number of anilines is 1. The summed E-state index contributed by atoms with van der Waals surface area (Å²) in [6, 6.07) is 8.12. The fourth-order valence-electron chi connectivity index (χ4n) is 1.99. The summed E-state index contributed by atoms with van der Waals surface area (Å²) in [7, 11) is 0. The lowest BCUT2D eigenvalue weighted by Crippen LogP contribution is -2.35. The van der Waals surface area contributed by atoms with Crippen LogP contribution in [0.4, 0.5) is 5.69 Å². The average molecular weight is 241 g/mol. The van der Waals surface area contributed by atoms with Gasteiger partial charge < -0.3 is 11.1 Å². The zero-order chi connectivity index (χ0) is 12.0. The van der Waals surface area contributed by atoms with Gasteiger partial charge in [-0.15, -0.1) is 0 Å². The van der Waals surface area contributed by atoms with E-state index in [2.05, 4.69) is 19.2 Å². The van der Waals surface area contributed by atoms with Gasteiger partial charge in [0.25, 0.3) is 0 Å². The molecule has 3 heteroatoms. The number of hydrogen-bond acceptors (Lipinski definition) is 2. The Kier molecular flexibility index (Phi) is 5.64. The van der Waals surface area contributed by atoms with Crippen molar-refractivity contribution in [2.45, 2.75) is 32.7 Å². The van der Waals surface area contributed by atoms with Crippen LogP contribution in [0.1, 0.15) is 26.7 Å². The molecular weight excluding hydrogens is 220 g/mol. The van der Waals surface area contributed by atoms with E-state index >= 15 is 0 Å². The van der Waals surface area contributed by atoms with Gasteiger partial charge in [-0.05, 0) is 30.2 Å². The van der Waals surface area contributed by atoms with Gasteiger partial charge >= 0.3 is 0 Å². The Hall–Kier alpha value is -0.730. The third-order valence-corrected chi connectivity index (χ3v) is 3.32. The van der Waals surface area contributed by atoms with Gasteiger partial charge in [-0.2, -0.15) is 0 Å². The molecule has 0 fully saturated rings. The van der Waals surface area contributed by atoms with Gasteiger partial charge in [0.05, 0.1) is 0 Å². The molecule has 0 aliphatic rings. The minimum absolute atomic E-state index is 0.344. The van der Waals surface area contributed by atoms with E-state index in [-0.39, 0.29) is 0 Å². The van der Waals surface area contributed by atoms with Gasteiger partial charge in [0, 0.05) is 23.3 Å². The van der Waals surface area contributed by atoms with Crippen molar-refractivity contribution in [1.82, 2.24) is 0 Å². The molecule has 90 valence electrons. The second-order valence-electron chi connectivity index (χ2n) is 4.07. The molecule has 0 bridgehead atoms. The van der Waals surface area contributed by atoms with Crippen molar-refractivity contribution in [3.05, 3.63) is 29.3 Å². The zero-order valence-corrected chi connectivity index (χ0v) is 10.8. The fraction of sp³-hybridized carbons (Fsp3) is 0.538. The number of nitrogens with two attached hydrogens (primary N) is 1. The van der Waals surface area contributed by atoms with E-state index in [4.69, 9.17) is 17.3 Å². The van der Waals surface area contributed by atoms with Crippen molar-refractivity contribution in [1.29, 1.82) is 0 Å². The SMILES string of the molecule is CCC(CC)C(CN)Nc1ccc(Cl)cc1. The Morgan fingerprint density at radius 1 is 1.19 bits per heavy atom. The standard InChI is InChI=1S/C13H21ClN2/c1-3-10(4-2)13(9-15)16-12-7-5-11(14)6-8-12/h5-8,10,13,16H,3-4,9,15H2,1-2H3. The first-order chi connectivity index (χ1) is 7.71. The summed E-state index contributed by atoms with van der Waals surface area (Å²) in [5.41, 5.74) is 6.90. The third-order valence-electron chi connectivity index (χ3n) is 3.07. The van der Waals surface area contributed by atoms with Gasteiger partial charge in [0.1, 0.15) is 0 Å². The van der Waals surface area contributed by atoms with Crippen LogP contribution in [0.25, 0.3) is 0 Å². The average Bonchev–Trinajstić information content (AvgIpc) is 2.32. The minimum atomic E-state index is 0.344. The Bertz CT molecular complexity index is 293. The normalized spacial score (nSPS) is 12.8. The molecule has 0 amide bonds. The molecule has 1 atom stereocenters. The maximum Gasteiger partial charge on any atom is 0.0411 e. The van der Waals surface area contributed by atoms with E-state index in [1.807, 2.05) is 24.3 Å². The van der Waals surface area contributed by atoms with Gasteiger partial charge in [-0.25, -0.2) is 0 Å². The van der Waals surface area contributed by atoms with Crippen LogP contribution >= 0.6 is 11.6 Å². The number of nitrogens with one attached hydrogen (secondary N) is 1. The highest BCUT2D eigenvalue weighted by Crippen LogP contribution is 2.19. The molecule has 0 aliphatic carbocycles. The summed E-state index contributed by atoms with van der Waals surface area (Å²) in [5, 5.41) is 4.24. The van der Waals surface area contributed by atoms with E-state index < -0.39 is 0 Å². The van der Waals surface area contributed by atoms with Gasteiger partial charge in [-0.3, -0.25) is 0 Å². The molecule has 0 aliphatic heterocycles. The topological polar surface area (TPSA) is 38.0 Å². The first-order valence-electron chi connectivity index (χ1n) is 5.93. The van der Waals surface area contributed by atoms with Crippen LogP contribution in [-0.4, -0.2) is 12.6 Å². The molecule has 16 heavy (non-hydrogen) atoms. The molecule has 1 unspecified atom stereocenters. The van der Waals surface area contributed by atoms with E-state index in [1.54, 1.807) is 0 Å². The summed E-state index contributed by atoms with van der Waals surface area (Å²) in [6.07, 6.45) is 2.30. The molecule has 0 heterocycles. The minimum Gasteiger partial charge on any atom is -0.381 e. The predicted octanol–water partition coefficient (Wildman–Crippen LogP) is 3.52. The van der Waals surface area contributed by atoms with Crippen LogP contribution in [-0.2, 0) is 0 Å². The largest absolute Gasteiger partial charge is 0.381 e. The van der Waals surface area contributed by atoms with Gasteiger partial charge in [0.15, 0.2) is 0 Å². The summed E-state index contributed by atoms with van der Waals surface area (Å²) in [4.78, 5) is 0. The van der Waals surface area contributed by atoms with Crippen molar-refractivity contribution in [2.75, 3.05) is 11.9 Å². The quantitative estimate of drug-likeness (QED) is 0.799. The molecule has 1 aromatic rings. The van der Waals surface area contributed by atoms with Crippen LogP contribution in [0.5, 0.6) is 0 Å². The maximum absolute atomic E-state index is 5.85. The fourth-order valence-corrected chi connectivity index (χ4v) is 2.11. The van der Waals surface area contributed by atoms with E-state index in [1.165, 1.54) is 0 Å². The van der Waals surface area contributed by atoms with Crippen molar-refractivity contribution in [2.24, 2.45) is 11.7 Å². The molecule has 0 saturated heterocycles. The van der Waals surface area contributed by atoms with Crippen LogP contribution in [0.15, 0.2) is 24.3 Å². The monoisotopic (exact) mass is 240 g/mol. The van der Waals surface area contributed by atoms with Crippen molar-refractivity contribution in [3.8, 4) is 0 Å². The molecule has 3 N–H and O–H groups in total. The zero-order valence-electron chi connectivity index (χ0n) is 10.0. The Morgan fingerprint density at radius 2 is 1.75 bits per heavy atom. The number of benzene rings is 1. The highest BCUT2D eigenvalue weighted by molar-refractivity contribution is 6.30. The van der Waals surface area contributed by atoms with Gasteiger partial charge in [-0.1, -0.05) is 38.3 Å². The Labute approximate surface area is 103 Å². The molecule has 1 aromatic carbocycles. The second-order valence-corrected chi connectivity index (χ2v) is 4.51. The van der Waals surface area contributed by atoms with Crippen molar-refractivity contribution < 1.29 is 0 Å². The summed E-state index contributed by atoms with van der Waals surface area (Å²) in [6.45, 7) is 5.08. The summed E-state index contributed by atoms with van der Waals surface area (Å²) < 4.78 is 0. The highest BCUT2D eigenvalue weighted by atomic mass is 35.5. The van der Waals surface area contributed by atoms with Crippen LogP contribution < -0.4 is 11.1 Å².